The molecule has 1 aliphatic carbocycles. The van der Waals surface area contributed by atoms with E-state index in [2.05, 4.69) is 10.3 Å². The number of aryl methyl sites for hydroxylation is 1. The van der Waals surface area contributed by atoms with E-state index in [4.69, 9.17) is 0 Å². The lowest BCUT2D eigenvalue weighted by Crippen LogP contribution is -2.35. The number of amides is 1. The molecule has 0 aromatic carbocycles. The van der Waals surface area contributed by atoms with Crippen molar-refractivity contribution in [2.24, 2.45) is 5.92 Å². The Bertz CT molecular complexity index is 601. The normalized spacial score (nSPS) is 22.0. The first kappa shape index (κ1) is 12.7. The number of carbonyl (C=O) groups excluding carboxylic acids is 1. The standard InChI is InChI=1S/C13H13FN2OS2/c1-7-2-3-11(19-7)10-6-18-13(15-10)16-12(17)8-4-9(14)5-8/h2-3,6,8-9H,4-5H2,1H3,(H,15,16,17). The molecule has 2 aromatic rings. The van der Waals surface area contributed by atoms with Crippen molar-refractivity contribution in [2.45, 2.75) is 25.9 Å². The molecule has 1 N–H and O–H groups in total. The highest BCUT2D eigenvalue weighted by Crippen LogP contribution is 2.33. The van der Waals surface area contributed by atoms with Crippen molar-refractivity contribution in [1.29, 1.82) is 0 Å². The number of aromatic nitrogens is 1. The van der Waals surface area contributed by atoms with Crippen molar-refractivity contribution in [3.63, 3.8) is 0 Å². The molecule has 0 spiro atoms. The van der Waals surface area contributed by atoms with E-state index in [1.807, 2.05) is 24.4 Å². The van der Waals surface area contributed by atoms with Gasteiger partial charge in [0.05, 0.1) is 10.6 Å². The molecule has 100 valence electrons. The molecule has 0 aliphatic heterocycles. The molecule has 1 fully saturated rings. The fraction of sp³-hybridized carbons (Fsp3) is 0.385. The molecule has 3 rings (SSSR count). The summed E-state index contributed by atoms with van der Waals surface area (Å²) < 4.78 is 12.7. The first-order chi connectivity index (χ1) is 9.11. The molecule has 2 aromatic heterocycles. The Hall–Kier alpha value is -1.27. The van der Waals surface area contributed by atoms with Gasteiger partial charge < -0.3 is 5.32 Å². The Balaban J connectivity index is 1.66. The zero-order valence-corrected chi connectivity index (χ0v) is 12.0. The molecule has 0 radical (unpaired) electrons. The third-order valence-corrected chi connectivity index (χ3v) is 4.96. The molecule has 1 saturated carbocycles. The highest BCUT2D eigenvalue weighted by atomic mass is 32.1. The smallest absolute Gasteiger partial charge is 0.229 e. The van der Waals surface area contributed by atoms with Gasteiger partial charge in [-0.15, -0.1) is 22.7 Å². The van der Waals surface area contributed by atoms with Gasteiger partial charge in [-0.1, -0.05) is 0 Å². The molecule has 0 bridgehead atoms. The lowest BCUT2D eigenvalue weighted by atomic mass is 9.83. The summed E-state index contributed by atoms with van der Waals surface area (Å²) in [7, 11) is 0. The molecular formula is C13H13FN2OS2. The van der Waals surface area contributed by atoms with E-state index in [1.165, 1.54) is 16.2 Å². The van der Waals surface area contributed by atoms with Crippen LogP contribution < -0.4 is 5.32 Å². The molecule has 19 heavy (non-hydrogen) atoms. The summed E-state index contributed by atoms with van der Waals surface area (Å²) in [5.41, 5.74) is 0.885. The summed E-state index contributed by atoms with van der Waals surface area (Å²) in [6.45, 7) is 2.05. The van der Waals surface area contributed by atoms with Crippen molar-refractivity contribution in [2.75, 3.05) is 5.32 Å². The third kappa shape index (κ3) is 2.69. The van der Waals surface area contributed by atoms with Crippen LogP contribution in [0.2, 0.25) is 0 Å². The van der Waals surface area contributed by atoms with Crippen LogP contribution in [0.3, 0.4) is 0 Å². The number of nitrogens with one attached hydrogen (secondary N) is 1. The van der Waals surface area contributed by atoms with Gasteiger partial charge in [0.25, 0.3) is 0 Å². The lowest BCUT2D eigenvalue weighted by Gasteiger charge is -2.27. The van der Waals surface area contributed by atoms with Gasteiger partial charge in [0.2, 0.25) is 5.91 Å². The van der Waals surface area contributed by atoms with Gasteiger partial charge in [-0.2, -0.15) is 0 Å². The molecule has 1 aliphatic rings. The van der Waals surface area contributed by atoms with E-state index >= 15 is 0 Å². The van der Waals surface area contributed by atoms with Crippen molar-refractivity contribution in [3.05, 3.63) is 22.4 Å². The van der Waals surface area contributed by atoms with Crippen LogP contribution in [-0.2, 0) is 4.79 Å². The Morgan fingerprint density at radius 1 is 1.47 bits per heavy atom. The molecule has 0 unspecified atom stereocenters. The number of thiophene rings is 1. The average Bonchev–Trinajstić information content (AvgIpc) is 2.93. The number of alkyl halides is 1. The summed E-state index contributed by atoms with van der Waals surface area (Å²) in [4.78, 5) is 18.5. The van der Waals surface area contributed by atoms with Gasteiger partial charge in [-0.25, -0.2) is 9.37 Å². The maximum absolute atomic E-state index is 12.7. The second-order valence-electron chi connectivity index (χ2n) is 4.70. The van der Waals surface area contributed by atoms with E-state index in [9.17, 15) is 9.18 Å². The van der Waals surface area contributed by atoms with Crippen LogP contribution in [-0.4, -0.2) is 17.1 Å². The van der Waals surface area contributed by atoms with Crippen LogP contribution in [0.1, 0.15) is 17.7 Å². The molecule has 2 heterocycles. The second-order valence-corrected chi connectivity index (χ2v) is 6.85. The van der Waals surface area contributed by atoms with Gasteiger partial charge in [-0.3, -0.25) is 4.79 Å². The van der Waals surface area contributed by atoms with E-state index in [1.54, 1.807) is 11.3 Å². The molecule has 0 saturated heterocycles. The van der Waals surface area contributed by atoms with E-state index < -0.39 is 6.17 Å². The first-order valence-corrected chi connectivity index (χ1v) is 7.78. The van der Waals surface area contributed by atoms with Gasteiger partial charge in [0.1, 0.15) is 6.17 Å². The Kier molecular flexibility index (Phi) is 3.36. The van der Waals surface area contributed by atoms with Crippen molar-refractivity contribution >= 4 is 33.7 Å². The number of carbonyl (C=O) groups is 1. The van der Waals surface area contributed by atoms with Crippen molar-refractivity contribution < 1.29 is 9.18 Å². The first-order valence-electron chi connectivity index (χ1n) is 6.09. The summed E-state index contributed by atoms with van der Waals surface area (Å²) in [6.07, 6.45) is -0.126. The Morgan fingerprint density at radius 2 is 2.26 bits per heavy atom. The van der Waals surface area contributed by atoms with Gasteiger partial charge >= 0.3 is 0 Å². The molecule has 6 heteroatoms. The Labute approximate surface area is 118 Å². The van der Waals surface area contributed by atoms with Gasteiger partial charge in [-0.05, 0) is 31.9 Å². The van der Waals surface area contributed by atoms with Crippen LogP contribution in [0.4, 0.5) is 9.52 Å². The second kappa shape index (κ2) is 5.02. The van der Waals surface area contributed by atoms with Crippen LogP contribution in [0.25, 0.3) is 10.6 Å². The average molecular weight is 296 g/mol. The summed E-state index contributed by atoms with van der Waals surface area (Å²) in [5.74, 6) is -0.302. The molecule has 0 atom stereocenters. The molecular weight excluding hydrogens is 283 g/mol. The van der Waals surface area contributed by atoms with E-state index in [0.29, 0.717) is 18.0 Å². The number of nitrogens with zero attached hydrogens (tertiary/aromatic N) is 1. The number of halogens is 1. The molecule has 3 nitrogen and oxygen atoms in total. The third-order valence-electron chi connectivity index (χ3n) is 3.18. The van der Waals surface area contributed by atoms with E-state index in [0.717, 1.165) is 10.6 Å². The summed E-state index contributed by atoms with van der Waals surface area (Å²) >= 11 is 3.08. The van der Waals surface area contributed by atoms with Crippen molar-refractivity contribution in [1.82, 2.24) is 4.98 Å². The highest BCUT2D eigenvalue weighted by Gasteiger charge is 2.34. The molecule has 1 amide bonds. The SMILES string of the molecule is Cc1ccc(-c2csc(NC(=O)C3CC(F)C3)n2)s1. The van der Waals surface area contributed by atoms with Crippen LogP contribution in [0.5, 0.6) is 0 Å². The predicted octanol–water partition coefficient (Wildman–Crippen LogP) is 3.87. The van der Waals surface area contributed by atoms with E-state index in [-0.39, 0.29) is 11.8 Å². The summed E-state index contributed by atoms with van der Waals surface area (Å²) in [6, 6.07) is 4.08. The quantitative estimate of drug-likeness (QED) is 0.934. The topological polar surface area (TPSA) is 42.0 Å². The van der Waals surface area contributed by atoms with Crippen LogP contribution in [0, 0.1) is 12.8 Å². The maximum atomic E-state index is 12.7. The number of thiazole rings is 1. The van der Waals surface area contributed by atoms with Crippen LogP contribution >= 0.6 is 22.7 Å². The fourth-order valence-electron chi connectivity index (χ4n) is 1.99. The largest absolute Gasteiger partial charge is 0.302 e. The van der Waals surface area contributed by atoms with Crippen molar-refractivity contribution in [3.8, 4) is 10.6 Å². The minimum absolute atomic E-state index is 0.114. The predicted molar refractivity (Wildman–Crippen MR) is 76.4 cm³/mol. The van der Waals surface area contributed by atoms with Gasteiger partial charge in [0.15, 0.2) is 5.13 Å². The number of anilines is 1. The fourth-order valence-corrected chi connectivity index (χ4v) is 3.60. The minimum Gasteiger partial charge on any atom is -0.302 e. The number of hydrogen-bond acceptors (Lipinski definition) is 4. The maximum Gasteiger partial charge on any atom is 0.229 e. The summed E-state index contributed by atoms with van der Waals surface area (Å²) in [5, 5.41) is 5.29. The van der Waals surface area contributed by atoms with Crippen LogP contribution in [0.15, 0.2) is 17.5 Å². The number of hydrogen-bond donors (Lipinski definition) is 1. The number of rotatable bonds is 3. The zero-order valence-electron chi connectivity index (χ0n) is 10.4. The Morgan fingerprint density at radius 3 is 2.89 bits per heavy atom. The minimum atomic E-state index is -0.809. The monoisotopic (exact) mass is 296 g/mol. The lowest BCUT2D eigenvalue weighted by molar-refractivity contribution is -0.124. The zero-order chi connectivity index (χ0) is 13.4. The highest BCUT2D eigenvalue weighted by molar-refractivity contribution is 7.17. The van der Waals surface area contributed by atoms with Gasteiger partial charge in [0, 0.05) is 16.2 Å².